The molecule has 2 heterocycles. The fourth-order valence-corrected chi connectivity index (χ4v) is 3.82. The van der Waals surface area contributed by atoms with Crippen LogP contribution in [0, 0.1) is 0 Å². The van der Waals surface area contributed by atoms with Gasteiger partial charge in [0, 0.05) is 22.7 Å². The van der Waals surface area contributed by atoms with Gasteiger partial charge in [-0.25, -0.2) is 4.79 Å². The van der Waals surface area contributed by atoms with E-state index in [0.717, 1.165) is 27.6 Å². The second kappa shape index (κ2) is 7.28. The van der Waals surface area contributed by atoms with Crippen LogP contribution in [0.2, 0.25) is 0 Å². The Hall–Kier alpha value is -3.07. The summed E-state index contributed by atoms with van der Waals surface area (Å²) in [5, 5.41) is 0.275. The number of benzene rings is 1. The summed E-state index contributed by atoms with van der Waals surface area (Å²) in [6.45, 7) is 1.43. The summed E-state index contributed by atoms with van der Waals surface area (Å²) in [6, 6.07) is 6.33. The molecule has 1 saturated heterocycles. The number of ether oxygens (including phenoxy) is 1. The van der Waals surface area contributed by atoms with E-state index in [2.05, 4.69) is 4.74 Å². The van der Waals surface area contributed by atoms with Crippen LogP contribution in [0.25, 0.3) is 17.0 Å². The predicted molar refractivity (Wildman–Crippen MR) is 100 cm³/mol. The molecular weight excluding hydrogens is 370 g/mol. The maximum absolute atomic E-state index is 12.6. The van der Waals surface area contributed by atoms with Crippen molar-refractivity contribution in [3.05, 3.63) is 40.9 Å². The Bertz CT molecular complexity index is 994. The summed E-state index contributed by atoms with van der Waals surface area (Å²) in [5.74, 6) is -1.72. The average Bonchev–Trinajstić information content (AvgIpc) is 3.11. The van der Waals surface area contributed by atoms with Crippen LogP contribution in [0.5, 0.6) is 0 Å². The quantitative estimate of drug-likeness (QED) is 0.618. The summed E-state index contributed by atoms with van der Waals surface area (Å²) < 4.78 is 6.30. The summed E-state index contributed by atoms with van der Waals surface area (Å²) in [6.07, 6.45) is 3.28. The van der Waals surface area contributed by atoms with E-state index in [1.54, 1.807) is 16.8 Å². The van der Waals surface area contributed by atoms with Crippen LogP contribution < -0.4 is 5.73 Å². The number of hydrogen-bond acceptors (Lipinski definition) is 6. The van der Waals surface area contributed by atoms with Crippen LogP contribution in [0.15, 0.2) is 35.4 Å². The summed E-state index contributed by atoms with van der Waals surface area (Å²) >= 11 is 0.754. The van der Waals surface area contributed by atoms with Gasteiger partial charge in [-0.1, -0.05) is 18.2 Å². The molecule has 140 valence electrons. The van der Waals surface area contributed by atoms with E-state index >= 15 is 0 Å². The van der Waals surface area contributed by atoms with E-state index in [-0.39, 0.29) is 11.4 Å². The zero-order chi connectivity index (χ0) is 19.7. The first-order valence-electron chi connectivity index (χ1n) is 8.04. The highest BCUT2D eigenvalue weighted by Crippen LogP contribution is 2.35. The zero-order valence-electron chi connectivity index (χ0n) is 14.7. The standard InChI is InChI=1S/C18H17N3O5S/c1-10(17(24)26-2)21-16(23)14(27-18(21)25)7-11-8-20(9-15(19)22)13-6-4-3-5-12(11)13/h3-8,10H,9H2,1-2H3,(H2,19,22)/b14-7+/t10-/m1/s1. The van der Waals surface area contributed by atoms with Crippen LogP contribution >= 0.6 is 11.8 Å². The molecule has 0 unspecified atom stereocenters. The third-order valence-electron chi connectivity index (χ3n) is 4.19. The van der Waals surface area contributed by atoms with Crippen LogP contribution in [0.3, 0.4) is 0 Å². The minimum Gasteiger partial charge on any atom is -0.467 e. The minimum atomic E-state index is -1.01. The van der Waals surface area contributed by atoms with E-state index in [0.29, 0.717) is 5.56 Å². The number of imide groups is 1. The number of nitrogens with zero attached hydrogens (tertiary/aromatic N) is 2. The second-order valence-corrected chi connectivity index (χ2v) is 6.94. The van der Waals surface area contributed by atoms with E-state index in [1.807, 2.05) is 24.3 Å². The fourth-order valence-electron chi connectivity index (χ4n) is 2.92. The van der Waals surface area contributed by atoms with Crippen LogP contribution in [0.1, 0.15) is 12.5 Å². The molecule has 3 amide bonds. The van der Waals surface area contributed by atoms with Gasteiger partial charge >= 0.3 is 5.97 Å². The van der Waals surface area contributed by atoms with Gasteiger partial charge in [0.2, 0.25) is 5.91 Å². The minimum absolute atomic E-state index is 0.00476. The molecule has 2 N–H and O–H groups in total. The van der Waals surface area contributed by atoms with Gasteiger partial charge < -0.3 is 15.0 Å². The highest BCUT2D eigenvalue weighted by atomic mass is 32.2. The number of hydrogen-bond donors (Lipinski definition) is 1. The lowest BCUT2D eigenvalue weighted by molar-refractivity contribution is -0.148. The van der Waals surface area contributed by atoms with Gasteiger partial charge in [0.1, 0.15) is 12.6 Å². The number of nitrogens with two attached hydrogens (primary N) is 1. The Morgan fingerprint density at radius 3 is 2.67 bits per heavy atom. The molecule has 8 nitrogen and oxygen atoms in total. The number of esters is 1. The average molecular weight is 387 g/mol. The van der Waals surface area contributed by atoms with Gasteiger partial charge in [0.25, 0.3) is 11.1 Å². The monoisotopic (exact) mass is 387 g/mol. The molecule has 1 aliphatic heterocycles. The van der Waals surface area contributed by atoms with Crippen molar-refractivity contribution in [2.45, 2.75) is 19.5 Å². The normalized spacial score (nSPS) is 17.0. The molecule has 0 aliphatic carbocycles. The van der Waals surface area contributed by atoms with Crippen molar-refractivity contribution < 1.29 is 23.9 Å². The van der Waals surface area contributed by atoms with E-state index in [9.17, 15) is 19.2 Å². The number of carbonyl (C=O) groups excluding carboxylic acids is 4. The third kappa shape index (κ3) is 3.45. The fraction of sp³-hybridized carbons (Fsp3) is 0.222. The highest BCUT2D eigenvalue weighted by Gasteiger charge is 2.41. The van der Waals surface area contributed by atoms with Gasteiger partial charge in [-0.05, 0) is 30.8 Å². The van der Waals surface area contributed by atoms with Gasteiger partial charge in [-0.3, -0.25) is 19.3 Å². The van der Waals surface area contributed by atoms with Crippen molar-refractivity contribution >= 4 is 51.8 Å². The molecule has 27 heavy (non-hydrogen) atoms. The Morgan fingerprint density at radius 2 is 2.00 bits per heavy atom. The topological polar surface area (TPSA) is 112 Å². The Balaban J connectivity index is 2.00. The molecule has 1 aromatic carbocycles. The number of amides is 3. The molecule has 3 rings (SSSR count). The first-order chi connectivity index (χ1) is 12.8. The summed E-state index contributed by atoms with van der Waals surface area (Å²) in [7, 11) is 1.20. The molecule has 0 bridgehead atoms. The van der Waals surface area contributed by atoms with Crippen molar-refractivity contribution in [1.29, 1.82) is 0 Å². The number of para-hydroxylation sites is 1. The van der Waals surface area contributed by atoms with Gasteiger partial charge in [-0.15, -0.1) is 0 Å². The molecule has 1 aromatic heterocycles. The van der Waals surface area contributed by atoms with Crippen molar-refractivity contribution in [2.75, 3.05) is 7.11 Å². The SMILES string of the molecule is COC(=O)[C@@H](C)N1C(=O)S/C(=C/c2cn(CC(N)=O)c3ccccc23)C1=O. The van der Waals surface area contributed by atoms with Gasteiger partial charge in [-0.2, -0.15) is 0 Å². The van der Waals surface area contributed by atoms with E-state index < -0.39 is 29.1 Å². The second-order valence-electron chi connectivity index (χ2n) is 5.95. The first-order valence-corrected chi connectivity index (χ1v) is 8.86. The highest BCUT2D eigenvalue weighted by molar-refractivity contribution is 8.18. The molecule has 2 aromatic rings. The predicted octanol–water partition coefficient (Wildman–Crippen LogP) is 1.72. The molecule has 0 saturated carbocycles. The molecule has 9 heteroatoms. The zero-order valence-corrected chi connectivity index (χ0v) is 15.5. The largest absolute Gasteiger partial charge is 0.467 e. The lowest BCUT2D eigenvalue weighted by Gasteiger charge is -2.18. The smallest absolute Gasteiger partial charge is 0.328 e. The van der Waals surface area contributed by atoms with Crippen molar-refractivity contribution in [2.24, 2.45) is 5.73 Å². The molecule has 0 spiro atoms. The Morgan fingerprint density at radius 1 is 1.30 bits per heavy atom. The molecule has 1 aliphatic rings. The number of rotatable bonds is 5. The maximum Gasteiger partial charge on any atom is 0.328 e. The van der Waals surface area contributed by atoms with E-state index in [4.69, 9.17) is 5.73 Å². The van der Waals surface area contributed by atoms with Crippen molar-refractivity contribution in [3.63, 3.8) is 0 Å². The Labute approximate surface area is 158 Å². The van der Waals surface area contributed by atoms with E-state index in [1.165, 1.54) is 14.0 Å². The first kappa shape index (κ1) is 18.7. The Kier molecular flexibility index (Phi) is 5.04. The summed E-state index contributed by atoms with van der Waals surface area (Å²) in [5.41, 5.74) is 6.74. The molecule has 0 radical (unpaired) electrons. The van der Waals surface area contributed by atoms with Gasteiger partial charge in [0.15, 0.2) is 0 Å². The molecule has 1 fully saturated rings. The maximum atomic E-state index is 12.6. The number of thioether (sulfide) groups is 1. The van der Waals surface area contributed by atoms with Gasteiger partial charge in [0.05, 0.1) is 12.0 Å². The number of primary amides is 1. The van der Waals surface area contributed by atoms with Crippen LogP contribution in [0.4, 0.5) is 4.79 Å². The number of methoxy groups -OCH3 is 1. The lowest BCUT2D eigenvalue weighted by Crippen LogP contribution is -2.42. The number of carbonyl (C=O) groups is 4. The van der Waals surface area contributed by atoms with Crippen molar-refractivity contribution in [3.8, 4) is 0 Å². The molecule has 1 atom stereocenters. The van der Waals surface area contributed by atoms with Crippen LogP contribution in [-0.2, 0) is 25.7 Å². The molecular formula is C18H17N3O5S. The third-order valence-corrected chi connectivity index (χ3v) is 5.07. The lowest BCUT2D eigenvalue weighted by atomic mass is 10.1. The number of aromatic nitrogens is 1. The van der Waals surface area contributed by atoms with Crippen molar-refractivity contribution in [1.82, 2.24) is 9.47 Å². The number of fused-ring (bicyclic) bond motifs is 1. The van der Waals surface area contributed by atoms with Crippen LogP contribution in [-0.4, -0.2) is 45.6 Å². The summed E-state index contributed by atoms with van der Waals surface area (Å²) in [4.78, 5) is 48.9.